The van der Waals surface area contributed by atoms with Crippen LogP contribution in [0.2, 0.25) is 0 Å². The van der Waals surface area contributed by atoms with Crippen molar-refractivity contribution < 1.29 is 19.6 Å². The van der Waals surface area contributed by atoms with Crippen LogP contribution in [0.5, 0.6) is 0 Å². The number of hydrogen-bond acceptors (Lipinski definition) is 7. The first-order valence-corrected chi connectivity index (χ1v) is 9.06. The third kappa shape index (κ3) is 4.30. The number of nitro benzene ring substituents is 1. The Kier molecular flexibility index (Phi) is 5.92. The second-order valence-corrected chi connectivity index (χ2v) is 6.43. The molecule has 0 saturated heterocycles. The molecule has 0 aliphatic heterocycles. The average molecular weight is 400 g/mol. The van der Waals surface area contributed by atoms with E-state index in [-0.39, 0.29) is 17.1 Å². The number of benzene rings is 2. The van der Waals surface area contributed by atoms with Crippen molar-refractivity contribution in [3.63, 3.8) is 0 Å². The smallest absolute Gasteiger partial charge is 0.356 e. The highest BCUT2D eigenvalue weighted by Crippen LogP contribution is 2.23. The molecule has 1 N–H and O–H groups in total. The number of carboxylic acids is 1. The number of hydrogen-bond donors (Lipinski definition) is 1. The molecule has 0 bridgehead atoms. The van der Waals surface area contributed by atoms with Crippen molar-refractivity contribution >= 4 is 23.2 Å². The number of aliphatic carboxylic acids is 1. The zero-order valence-electron chi connectivity index (χ0n) is 14.8. The molecule has 9 nitrogen and oxygen atoms in total. The Bertz CT molecular complexity index is 1040. The van der Waals surface area contributed by atoms with E-state index in [0.717, 1.165) is 17.1 Å². The predicted octanol–water partition coefficient (Wildman–Crippen LogP) is 2.86. The van der Waals surface area contributed by atoms with Gasteiger partial charge in [-0.3, -0.25) is 10.1 Å². The number of nitro groups is 1. The van der Waals surface area contributed by atoms with Crippen LogP contribution in [0.15, 0.2) is 59.6 Å². The summed E-state index contributed by atoms with van der Waals surface area (Å²) in [6.07, 6.45) is -1.36. The minimum Gasteiger partial charge on any atom is -0.478 e. The lowest BCUT2D eigenvalue weighted by Gasteiger charge is -2.06. The summed E-state index contributed by atoms with van der Waals surface area (Å²) < 4.78 is 6.87. The largest absolute Gasteiger partial charge is 0.478 e. The van der Waals surface area contributed by atoms with Crippen molar-refractivity contribution in [2.24, 2.45) is 4.99 Å². The fourth-order valence-electron chi connectivity index (χ4n) is 2.41. The average Bonchev–Trinajstić information content (AvgIpc) is 3.12. The lowest BCUT2D eigenvalue weighted by molar-refractivity contribution is -0.384. The molecule has 0 saturated carbocycles. The van der Waals surface area contributed by atoms with Crippen LogP contribution in [0.25, 0.3) is 17.1 Å². The normalized spacial score (nSPS) is 12.7. The molecule has 28 heavy (non-hydrogen) atoms. The van der Waals surface area contributed by atoms with Crippen LogP contribution in [0.4, 0.5) is 5.69 Å². The van der Waals surface area contributed by atoms with Crippen molar-refractivity contribution in [2.45, 2.75) is 13.2 Å². The number of non-ortho nitro benzene ring substituents is 1. The Morgan fingerprint density at radius 2 is 1.96 bits per heavy atom. The standard InChI is InChI=1S/C18H16N4O5S/c1-2-27-16(17(23)24)20-18-19-15(12-6-4-3-5-7-12)21(28-18)13-8-10-14(11-9-13)22(25)26/h3-11,16H,2H2,1H3,(H,23,24)/b20-18+. The lowest BCUT2D eigenvalue weighted by atomic mass is 10.2. The van der Waals surface area contributed by atoms with Gasteiger partial charge in [0.1, 0.15) is 0 Å². The van der Waals surface area contributed by atoms with Gasteiger partial charge in [-0.15, -0.1) is 0 Å². The van der Waals surface area contributed by atoms with Crippen molar-refractivity contribution in [3.8, 4) is 17.1 Å². The van der Waals surface area contributed by atoms with E-state index >= 15 is 0 Å². The summed E-state index contributed by atoms with van der Waals surface area (Å²) in [5, 5.41) is 20.1. The minimum absolute atomic E-state index is 0.0256. The van der Waals surface area contributed by atoms with E-state index < -0.39 is 17.1 Å². The lowest BCUT2D eigenvalue weighted by Crippen LogP contribution is -2.24. The molecule has 3 rings (SSSR count). The van der Waals surface area contributed by atoms with Crippen molar-refractivity contribution in [1.29, 1.82) is 0 Å². The molecule has 1 heterocycles. The number of aromatic nitrogens is 2. The first-order valence-electron chi connectivity index (χ1n) is 8.28. The Labute approximate surface area is 163 Å². The molecule has 10 heteroatoms. The number of rotatable bonds is 7. The van der Waals surface area contributed by atoms with Gasteiger partial charge in [-0.1, -0.05) is 30.3 Å². The van der Waals surface area contributed by atoms with Crippen LogP contribution in [0.3, 0.4) is 0 Å². The van der Waals surface area contributed by atoms with Gasteiger partial charge in [0.2, 0.25) is 11.0 Å². The van der Waals surface area contributed by atoms with Gasteiger partial charge in [-0.05, 0) is 30.6 Å². The van der Waals surface area contributed by atoms with Gasteiger partial charge in [0.15, 0.2) is 5.82 Å². The molecule has 1 unspecified atom stereocenters. The topological polar surface area (TPSA) is 120 Å². The van der Waals surface area contributed by atoms with Crippen LogP contribution >= 0.6 is 11.5 Å². The molecular weight excluding hydrogens is 384 g/mol. The fourth-order valence-corrected chi connectivity index (χ4v) is 3.30. The first-order chi connectivity index (χ1) is 13.5. The van der Waals surface area contributed by atoms with Gasteiger partial charge in [-0.2, -0.15) is 4.98 Å². The molecule has 3 aromatic rings. The van der Waals surface area contributed by atoms with Gasteiger partial charge in [-0.25, -0.2) is 13.7 Å². The maximum Gasteiger partial charge on any atom is 0.356 e. The number of ether oxygens (including phenoxy) is 1. The number of nitrogens with zero attached hydrogens (tertiary/aromatic N) is 4. The maximum absolute atomic E-state index is 11.3. The molecule has 0 aliphatic rings. The highest BCUT2D eigenvalue weighted by atomic mass is 32.1. The van der Waals surface area contributed by atoms with E-state index in [0.29, 0.717) is 11.5 Å². The van der Waals surface area contributed by atoms with E-state index in [1.54, 1.807) is 23.0 Å². The van der Waals surface area contributed by atoms with Crippen molar-refractivity contribution in [3.05, 3.63) is 69.5 Å². The molecule has 0 aliphatic carbocycles. The summed E-state index contributed by atoms with van der Waals surface area (Å²) >= 11 is 1.12. The highest BCUT2D eigenvalue weighted by Gasteiger charge is 2.18. The van der Waals surface area contributed by atoms with Gasteiger partial charge >= 0.3 is 5.97 Å². The van der Waals surface area contributed by atoms with Crippen LogP contribution in [-0.2, 0) is 9.53 Å². The molecule has 0 amide bonds. The van der Waals surface area contributed by atoms with Crippen LogP contribution in [-0.4, -0.2) is 37.8 Å². The third-order valence-electron chi connectivity index (χ3n) is 3.66. The van der Waals surface area contributed by atoms with E-state index in [4.69, 9.17) is 4.74 Å². The number of carbonyl (C=O) groups is 1. The predicted molar refractivity (Wildman–Crippen MR) is 102 cm³/mol. The summed E-state index contributed by atoms with van der Waals surface area (Å²) in [6, 6.07) is 15.3. The van der Waals surface area contributed by atoms with Crippen molar-refractivity contribution in [2.75, 3.05) is 6.61 Å². The van der Waals surface area contributed by atoms with Crippen LogP contribution in [0, 0.1) is 10.1 Å². The van der Waals surface area contributed by atoms with Gasteiger partial charge in [0.25, 0.3) is 5.69 Å². The summed E-state index contributed by atoms with van der Waals surface area (Å²) in [7, 11) is 0. The van der Waals surface area contributed by atoms with Crippen LogP contribution in [0.1, 0.15) is 6.92 Å². The van der Waals surface area contributed by atoms with Gasteiger partial charge in [0.05, 0.1) is 10.6 Å². The SMILES string of the molecule is CCOC(/N=c1\nc(-c2ccccc2)n(-c2ccc([N+](=O)[O-])cc2)s1)C(=O)O. The Balaban J connectivity index is 2.13. The monoisotopic (exact) mass is 400 g/mol. The van der Waals surface area contributed by atoms with E-state index in [1.165, 1.54) is 12.1 Å². The molecule has 144 valence electrons. The Morgan fingerprint density at radius 3 is 2.54 bits per heavy atom. The molecule has 2 aromatic carbocycles. The van der Waals surface area contributed by atoms with E-state index in [2.05, 4.69) is 9.98 Å². The molecule has 1 aromatic heterocycles. The maximum atomic E-state index is 11.3. The summed E-state index contributed by atoms with van der Waals surface area (Å²) in [4.78, 5) is 30.5. The van der Waals surface area contributed by atoms with E-state index in [1.807, 2.05) is 30.3 Å². The number of carboxylic acid groups (broad SMARTS) is 1. The van der Waals surface area contributed by atoms with E-state index in [9.17, 15) is 20.0 Å². The third-order valence-corrected chi connectivity index (χ3v) is 4.58. The zero-order valence-corrected chi connectivity index (χ0v) is 15.6. The summed E-state index contributed by atoms with van der Waals surface area (Å²) in [5.74, 6) is -0.668. The first kappa shape index (κ1) is 19.4. The molecular formula is C18H16N4O5S. The van der Waals surface area contributed by atoms with Crippen molar-refractivity contribution in [1.82, 2.24) is 8.94 Å². The molecule has 0 fully saturated rings. The second-order valence-electron chi connectivity index (χ2n) is 5.52. The second kappa shape index (κ2) is 8.55. The van der Waals surface area contributed by atoms with Crippen LogP contribution < -0.4 is 4.80 Å². The van der Waals surface area contributed by atoms with Gasteiger partial charge < -0.3 is 9.84 Å². The summed E-state index contributed by atoms with van der Waals surface area (Å²) in [6.45, 7) is 1.87. The zero-order chi connectivity index (χ0) is 20.1. The minimum atomic E-state index is -1.36. The molecule has 0 spiro atoms. The fraction of sp³-hybridized carbons (Fsp3) is 0.167. The van der Waals surface area contributed by atoms with Gasteiger partial charge in [0, 0.05) is 24.3 Å². The Morgan fingerprint density at radius 1 is 1.29 bits per heavy atom. The Hall–Kier alpha value is -3.37. The quantitative estimate of drug-likeness (QED) is 0.481. The highest BCUT2D eigenvalue weighted by molar-refractivity contribution is 7.04. The summed E-state index contributed by atoms with van der Waals surface area (Å²) in [5.41, 5.74) is 1.41. The molecule has 1 atom stereocenters. The molecule has 0 radical (unpaired) electrons.